The third-order valence-corrected chi connectivity index (χ3v) is 3.82. The molecule has 1 aromatic heterocycles. The maximum absolute atomic E-state index is 5.88. The van der Waals surface area contributed by atoms with Gasteiger partial charge in [-0.15, -0.1) is 11.8 Å². The number of anilines is 1. The normalized spacial score (nSPS) is 17.2. The molecule has 4 nitrogen and oxygen atoms in total. The molecule has 0 bridgehead atoms. The van der Waals surface area contributed by atoms with Gasteiger partial charge in [-0.05, 0) is 24.3 Å². The third-order valence-electron chi connectivity index (χ3n) is 2.74. The van der Waals surface area contributed by atoms with E-state index in [-0.39, 0.29) is 6.10 Å². The molecule has 0 saturated carbocycles. The van der Waals surface area contributed by atoms with Crippen molar-refractivity contribution >= 4 is 17.4 Å². The summed E-state index contributed by atoms with van der Waals surface area (Å²) < 4.78 is 11.5. The molecular formula is C14H14N2O2S. The number of thioether (sulfide) groups is 1. The van der Waals surface area contributed by atoms with Crippen LogP contribution in [0.2, 0.25) is 0 Å². The number of hydrogen-bond acceptors (Lipinski definition) is 5. The molecule has 1 aromatic carbocycles. The van der Waals surface area contributed by atoms with Crippen molar-refractivity contribution in [1.29, 1.82) is 0 Å². The van der Waals surface area contributed by atoms with E-state index >= 15 is 0 Å². The number of fused-ring (bicyclic) bond motifs is 1. The monoisotopic (exact) mass is 274 g/mol. The Hall–Kier alpha value is -1.88. The van der Waals surface area contributed by atoms with Gasteiger partial charge in [-0.2, -0.15) is 0 Å². The summed E-state index contributed by atoms with van der Waals surface area (Å²) in [6.45, 7) is 0.568. The molecule has 1 aliphatic heterocycles. The Labute approximate surface area is 115 Å². The van der Waals surface area contributed by atoms with E-state index in [2.05, 4.69) is 4.98 Å². The minimum atomic E-state index is 0.0410. The fourth-order valence-corrected chi connectivity index (χ4v) is 2.61. The van der Waals surface area contributed by atoms with Gasteiger partial charge in [0.05, 0.1) is 16.9 Å². The van der Waals surface area contributed by atoms with Crippen LogP contribution in [-0.2, 0) is 0 Å². The number of rotatable bonds is 3. The Morgan fingerprint density at radius 2 is 2.05 bits per heavy atom. The molecule has 5 heteroatoms. The number of benzene rings is 1. The predicted molar refractivity (Wildman–Crippen MR) is 75.7 cm³/mol. The lowest BCUT2D eigenvalue weighted by molar-refractivity contribution is 0.107. The number of ether oxygens (including phenoxy) is 2. The Morgan fingerprint density at radius 3 is 2.84 bits per heavy atom. The highest BCUT2D eigenvalue weighted by molar-refractivity contribution is 7.99. The molecule has 2 aromatic rings. The summed E-state index contributed by atoms with van der Waals surface area (Å²) in [6, 6.07) is 11.5. The van der Waals surface area contributed by atoms with E-state index in [0.717, 1.165) is 22.3 Å². The van der Waals surface area contributed by atoms with Crippen LogP contribution in [0.25, 0.3) is 0 Å². The quantitative estimate of drug-likeness (QED) is 0.872. The molecule has 0 spiro atoms. The summed E-state index contributed by atoms with van der Waals surface area (Å²) in [5.41, 5.74) is 6.28. The molecule has 0 saturated heterocycles. The second-order valence-corrected chi connectivity index (χ2v) is 5.28. The highest BCUT2D eigenvalue weighted by Crippen LogP contribution is 2.32. The van der Waals surface area contributed by atoms with E-state index in [0.29, 0.717) is 12.3 Å². The van der Waals surface area contributed by atoms with Crippen molar-refractivity contribution in [2.24, 2.45) is 0 Å². The van der Waals surface area contributed by atoms with Crippen LogP contribution in [-0.4, -0.2) is 23.4 Å². The van der Waals surface area contributed by atoms with Gasteiger partial charge in [0, 0.05) is 5.75 Å². The Morgan fingerprint density at radius 1 is 1.21 bits per heavy atom. The smallest absolute Gasteiger partial charge is 0.161 e. The van der Waals surface area contributed by atoms with Crippen LogP contribution in [0.5, 0.6) is 11.5 Å². The molecule has 1 aliphatic rings. The van der Waals surface area contributed by atoms with E-state index in [1.54, 1.807) is 18.0 Å². The number of hydrogen-bond donors (Lipinski definition) is 1. The van der Waals surface area contributed by atoms with Gasteiger partial charge in [-0.3, -0.25) is 0 Å². The van der Waals surface area contributed by atoms with Gasteiger partial charge in [0.2, 0.25) is 0 Å². The van der Waals surface area contributed by atoms with Crippen LogP contribution >= 0.6 is 11.8 Å². The van der Waals surface area contributed by atoms with Gasteiger partial charge in [0.1, 0.15) is 12.7 Å². The van der Waals surface area contributed by atoms with E-state index in [9.17, 15) is 0 Å². The summed E-state index contributed by atoms with van der Waals surface area (Å²) in [5.74, 6) is 2.42. The first-order valence-electron chi connectivity index (χ1n) is 6.04. The van der Waals surface area contributed by atoms with Crippen LogP contribution in [0.1, 0.15) is 0 Å². The molecule has 0 aliphatic carbocycles. The van der Waals surface area contributed by atoms with Crippen molar-refractivity contribution in [2.45, 2.75) is 11.1 Å². The van der Waals surface area contributed by atoms with Crippen LogP contribution in [0.15, 0.2) is 47.6 Å². The van der Waals surface area contributed by atoms with Crippen LogP contribution < -0.4 is 15.2 Å². The third kappa shape index (κ3) is 2.93. The largest absolute Gasteiger partial charge is 0.486 e. The Bertz CT molecular complexity index is 560. The minimum absolute atomic E-state index is 0.0410. The molecule has 19 heavy (non-hydrogen) atoms. The molecule has 2 heterocycles. The summed E-state index contributed by atoms with van der Waals surface area (Å²) in [6.07, 6.45) is 1.70. The topological polar surface area (TPSA) is 57.4 Å². The lowest BCUT2D eigenvalue weighted by atomic mass is 10.3. The average molecular weight is 274 g/mol. The standard InChI is InChI=1S/C14H14N2O2S/c15-10-5-6-14(16-7-10)19-9-11-8-17-12-3-1-2-4-13(12)18-11/h1-7,11H,8-9,15H2. The van der Waals surface area contributed by atoms with E-state index in [1.165, 1.54) is 0 Å². The second kappa shape index (κ2) is 5.40. The second-order valence-electron chi connectivity index (χ2n) is 4.24. The number of nitrogens with two attached hydrogens (primary N) is 1. The highest BCUT2D eigenvalue weighted by atomic mass is 32.2. The molecule has 0 amide bonds. The lowest BCUT2D eigenvalue weighted by Gasteiger charge is -2.26. The van der Waals surface area contributed by atoms with Gasteiger partial charge in [0.15, 0.2) is 11.5 Å². The summed E-state index contributed by atoms with van der Waals surface area (Å²) >= 11 is 1.64. The first kappa shape index (κ1) is 12.2. The van der Waals surface area contributed by atoms with Crippen LogP contribution in [0, 0.1) is 0 Å². The molecular weight excluding hydrogens is 260 g/mol. The lowest BCUT2D eigenvalue weighted by Crippen LogP contribution is -2.31. The summed E-state index contributed by atoms with van der Waals surface area (Å²) in [5, 5.41) is 0.941. The Kier molecular flexibility index (Phi) is 3.46. The molecule has 0 radical (unpaired) electrons. The zero-order valence-electron chi connectivity index (χ0n) is 10.3. The van der Waals surface area contributed by atoms with Gasteiger partial charge in [-0.1, -0.05) is 12.1 Å². The van der Waals surface area contributed by atoms with Crippen LogP contribution in [0.3, 0.4) is 0 Å². The molecule has 1 atom stereocenters. The zero-order chi connectivity index (χ0) is 13.1. The number of nitrogen functional groups attached to an aromatic ring is 1. The predicted octanol–water partition coefficient (Wildman–Crippen LogP) is 2.60. The van der Waals surface area contributed by atoms with Crippen LogP contribution in [0.4, 0.5) is 5.69 Å². The summed E-state index contributed by atoms with van der Waals surface area (Å²) in [7, 11) is 0. The molecule has 98 valence electrons. The zero-order valence-corrected chi connectivity index (χ0v) is 11.1. The molecule has 0 fully saturated rings. The first-order valence-corrected chi connectivity index (χ1v) is 7.02. The van der Waals surface area contributed by atoms with E-state index in [4.69, 9.17) is 15.2 Å². The van der Waals surface area contributed by atoms with Crippen molar-refractivity contribution in [3.05, 3.63) is 42.6 Å². The van der Waals surface area contributed by atoms with Gasteiger partial charge in [-0.25, -0.2) is 4.98 Å². The van der Waals surface area contributed by atoms with Crippen molar-refractivity contribution < 1.29 is 9.47 Å². The summed E-state index contributed by atoms with van der Waals surface area (Å²) in [4.78, 5) is 4.25. The minimum Gasteiger partial charge on any atom is -0.486 e. The Balaban J connectivity index is 1.59. The highest BCUT2D eigenvalue weighted by Gasteiger charge is 2.20. The maximum Gasteiger partial charge on any atom is 0.161 e. The van der Waals surface area contributed by atoms with Crippen molar-refractivity contribution in [3.8, 4) is 11.5 Å². The average Bonchev–Trinajstić information content (AvgIpc) is 2.46. The molecule has 1 unspecified atom stereocenters. The molecule has 3 rings (SSSR count). The van der Waals surface area contributed by atoms with Crippen molar-refractivity contribution in [1.82, 2.24) is 4.98 Å². The van der Waals surface area contributed by atoms with Gasteiger partial charge >= 0.3 is 0 Å². The molecule has 2 N–H and O–H groups in total. The van der Waals surface area contributed by atoms with Gasteiger partial charge < -0.3 is 15.2 Å². The number of aromatic nitrogens is 1. The SMILES string of the molecule is Nc1ccc(SCC2COc3ccccc3O2)nc1. The first-order chi connectivity index (χ1) is 9.31. The fraction of sp³-hybridized carbons (Fsp3) is 0.214. The number of nitrogens with zero attached hydrogens (tertiary/aromatic N) is 1. The maximum atomic E-state index is 5.88. The van der Waals surface area contributed by atoms with Gasteiger partial charge in [0.25, 0.3) is 0 Å². The van der Waals surface area contributed by atoms with E-state index in [1.807, 2.05) is 36.4 Å². The van der Waals surface area contributed by atoms with E-state index < -0.39 is 0 Å². The van der Waals surface area contributed by atoms with Crippen molar-refractivity contribution in [3.63, 3.8) is 0 Å². The number of para-hydroxylation sites is 2. The van der Waals surface area contributed by atoms with Crippen molar-refractivity contribution in [2.75, 3.05) is 18.1 Å². The fourth-order valence-electron chi connectivity index (χ4n) is 1.80. The number of pyridine rings is 1.